The Hall–Kier alpha value is -2.30. The topological polar surface area (TPSA) is 58.4 Å². The molecule has 5 heteroatoms. The lowest BCUT2D eigenvalue weighted by Gasteiger charge is -2.33. The quantitative estimate of drug-likeness (QED) is 0.878. The summed E-state index contributed by atoms with van der Waals surface area (Å²) >= 11 is 0. The molecule has 1 N–H and O–H groups in total. The third-order valence-corrected chi connectivity index (χ3v) is 4.98. The number of amides is 1. The van der Waals surface area contributed by atoms with Crippen molar-refractivity contribution in [2.24, 2.45) is 5.92 Å². The molecule has 2 aromatic rings. The molecular formula is C20H27N3O2. The molecular weight excluding hydrogens is 314 g/mol. The van der Waals surface area contributed by atoms with Crippen LogP contribution in [-0.4, -0.2) is 31.2 Å². The van der Waals surface area contributed by atoms with Crippen molar-refractivity contribution in [1.29, 1.82) is 0 Å². The number of hydrogen-bond donors (Lipinski definition) is 1. The Morgan fingerprint density at radius 2 is 2.12 bits per heavy atom. The van der Waals surface area contributed by atoms with Gasteiger partial charge in [-0.05, 0) is 30.4 Å². The number of benzene rings is 1. The van der Waals surface area contributed by atoms with Crippen molar-refractivity contribution >= 4 is 11.6 Å². The molecule has 0 saturated carbocycles. The summed E-state index contributed by atoms with van der Waals surface area (Å²) in [5.74, 6) is 1.31. The maximum Gasteiger partial charge on any atom is 0.224 e. The van der Waals surface area contributed by atoms with Crippen LogP contribution >= 0.6 is 0 Å². The zero-order chi connectivity index (χ0) is 17.8. The number of nitrogens with one attached hydrogen (secondary N) is 1. The Bertz CT molecular complexity index is 717. The van der Waals surface area contributed by atoms with Crippen LogP contribution in [0.15, 0.2) is 28.8 Å². The summed E-state index contributed by atoms with van der Waals surface area (Å²) in [6.07, 6.45) is 2.92. The normalized spacial score (nSPS) is 16.6. The molecule has 1 aromatic carbocycles. The van der Waals surface area contributed by atoms with E-state index in [2.05, 4.69) is 46.7 Å². The molecule has 1 aromatic heterocycles. The summed E-state index contributed by atoms with van der Waals surface area (Å²) in [6, 6.07) is 8.50. The molecule has 0 unspecified atom stereocenters. The van der Waals surface area contributed by atoms with E-state index in [1.165, 1.54) is 11.3 Å². The molecule has 1 aliphatic heterocycles. The fraction of sp³-hybridized carbons (Fsp3) is 0.500. The van der Waals surface area contributed by atoms with Gasteiger partial charge in [-0.15, -0.1) is 0 Å². The maximum atomic E-state index is 12.4. The van der Waals surface area contributed by atoms with Gasteiger partial charge in [-0.2, -0.15) is 0 Å². The number of carbonyl (C=O) groups excluding carboxylic acids is 1. The highest BCUT2D eigenvalue weighted by Crippen LogP contribution is 2.28. The van der Waals surface area contributed by atoms with Crippen LogP contribution in [0.1, 0.15) is 36.4 Å². The number of fused-ring (bicyclic) bond motifs is 1. The average molecular weight is 341 g/mol. The summed E-state index contributed by atoms with van der Waals surface area (Å²) in [4.78, 5) is 14.7. The monoisotopic (exact) mass is 341 g/mol. The smallest absolute Gasteiger partial charge is 0.224 e. The van der Waals surface area contributed by atoms with E-state index in [0.29, 0.717) is 18.9 Å². The van der Waals surface area contributed by atoms with Gasteiger partial charge >= 0.3 is 0 Å². The molecule has 0 radical (unpaired) electrons. The van der Waals surface area contributed by atoms with Crippen molar-refractivity contribution in [3.8, 4) is 0 Å². The Labute approximate surface area is 149 Å². The van der Waals surface area contributed by atoms with E-state index in [-0.39, 0.29) is 5.91 Å². The summed E-state index contributed by atoms with van der Waals surface area (Å²) in [7, 11) is 2.12. The van der Waals surface area contributed by atoms with Gasteiger partial charge in [-0.25, -0.2) is 0 Å². The summed E-state index contributed by atoms with van der Waals surface area (Å²) in [5.41, 5.74) is 4.53. The molecule has 0 bridgehead atoms. The third-order valence-electron chi connectivity index (χ3n) is 4.98. The summed E-state index contributed by atoms with van der Waals surface area (Å²) < 4.78 is 5.35. The molecule has 1 amide bonds. The van der Waals surface area contributed by atoms with E-state index in [1.54, 1.807) is 0 Å². The number of rotatable bonds is 6. The van der Waals surface area contributed by atoms with E-state index in [9.17, 15) is 4.79 Å². The minimum atomic E-state index is 0.0501. The second kappa shape index (κ2) is 7.72. The van der Waals surface area contributed by atoms with Gasteiger partial charge in [0.1, 0.15) is 5.76 Å². The third kappa shape index (κ3) is 3.86. The number of aromatic nitrogens is 1. The van der Waals surface area contributed by atoms with Crippen molar-refractivity contribution in [3.63, 3.8) is 0 Å². The average Bonchev–Trinajstić information content (AvgIpc) is 3.01. The van der Waals surface area contributed by atoms with Gasteiger partial charge in [0.05, 0.1) is 12.1 Å². The lowest BCUT2D eigenvalue weighted by atomic mass is 9.92. The number of para-hydroxylation sites is 1. The van der Waals surface area contributed by atoms with Gasteiger partial charge in [0.15, 0.2) is 0 Å². The summed E-state index contributed by atoms with van der Waals surface area (Å²) in [6.45, 7) is 5.72. The lowest BCUT2D eigenvalue weighted by molar-refractivity contribution is -0.120. The number of hydrogen-bond acceptors (Lipinski definition) is 4. The zero-order valence-corrected chi connectivity index (χ0v) is 15.3. The first kappa shape index (κ1) is 17.5. The highest BCUT2D eigenvalue weighted by molar-refractivity contribution is 5.79. The van der Waals surface area contributed by atoms with Crippen molar-refractivity contribution in [2.45, 2.75) is 39.5 Å². The van der Waals surface area contributed by atoms with Crippen molar-refractivity contribution in [3.05, 3.63) is 46.8 Å². The maximum absolute atomic E-state index is 12.4. The molecule has 0 spiro atoms. The van der Waals surface area contributed by atoms with Crippen LogP contribution in [0.25, 0.3) is 0 Å². The van der Waals surface area contributed by atoms with Crippen LogP contribution in [0.3, 0.4) is 0 Å². The second-order valence-corrected chi connectivity index (χ2v) is 6.80. The minimum Gasteiger partial charge on any atom is -0.374 e. The standard InChI is InChI=1S/C20H27N3O2/c1-4-17-16(19(5-2)25-22-17)11-20(24)21-12-14-10-15-8-6-7-9-18(15)23(3)13-14/h6-9,14H,4-5,10-13H2,1-3H3,(H,21,24)/t14-/m1/s1. The van der Waals surface area contributed by atoms with Crippen LogP contribution in [0.2, 0.25) is 0 Å². The lowest BCUT2D eigenvalue weighted by Crippen LogP contribution is -2.40. The second-order valence-electron chi connectivity index (χ2n) is 6.80. The number of anilines is 1. The molecule has 134 valence electrons. The van der Waals surface area contributed by atoms with Gasteiger partial charge < -0.3 is 14.7 Å². The van der Waals surface area contributed by atoms with Gasteiger partial charge in [0.2, 0.25) is 5.91 Å². The van der Waals surface area contributed by atoms with Crippen molar-refractivity contribution < 1.29 is 9.32 Å². The van der Waals surface area contributed by atoms with E-state index in [1.807, 2.05) is 13.8 Å². The minimum absolute atomic E-state index is 0.0501. The molecule has 0 saturated heterocycles. The van der Waals surface area contributed by atoms with Gasteiger partial charge in [0, 0.05) is 37.8 Å². The fourth-order valence-corrected chi connectivity index (χ4v) is 3.67. The molecule has 5 nitrogen and oxygen atoms in total. The SMILES string of the molecule is CCc1noc(CC)c1CC(=O)NC[C@H]1Cc2ccccc2N(C)C1. The van der Waals surface area contributed by atoms with Crippen molar-refractivity contribution in [2.75, 3.05) is 25.0 Å². The Balaban J connectivity index is 1.58. The van der Waals surface area contributed by atoms with Crippen LogP contribution < -0.4 is 10.2 Å². The van der Waals surface area contributed by atoms with Crippen LogP contribution in [0.4, 0.5) is 5.69 Å². The molecule has 25 heavy (non-hydrogen) atoms. The van der Waals surface area contributed by atoms with E-state index in [4.69, 9.17) is 4.52 Å². The predicted octanol–water partition coefficient (Wildman–Crippen LogP) is 2.77. The summed E-state index contributed by atoms with van der Waals surface area (Å²) in [5, 5.41) is 7.19. The molecule has 1 atom stereocenters. The zero-order valence-electron chi connectivity index (χ0n) is 15.3. The largest absolute Gasteiger partial charge is 0.374 e. The van der Waals surface area contributed by atoms with E-state index in [0.717, 1.165) is 42.8 Å². The highest BCUT2D eigenvalue weighted by Gasteiger charge is 2.23. The Morgan fingerprint density at radius 1 is 1.32 bits per heavy atom. The molecule has 3 rings (SSSR count). The molecule has 1 aliphatic rings. The number of nitrogens with zero attached hydrogens (tertiary/aromatic N) is 2. The highest BCUT2D eigenvalue weighted by atomic mass is 16.5. The number of carbonyl (C=O) groups is 1. The van der Waals surface area contributed by atoms with Crippen molar-refractivity contribution in [1.82, 2.24) is 10.5 Å². The number of aryl methyl sites for hydroxylation is 2. The van der Waals surface area contributed by atoms with Gasteiger partial charge in [0.25, 0.3) is 0 Å². The first-order chi connectivity index (χ1) is 12.1. The first-order valence-corrected chi connectivity index (χ1v) is 9.14. The van der Waals surface area contributed by atoms with Crippen LogP contribution in [0.5, 0.6) is 0 Å². The predicted molar refractivity (Wildman–Crippen MR) is 98.9 cm³/mol. The Kier molecular flexibility index (Phi) is 5.41. The van der Waals surface area contributed by atoms with E-state index < -0.39 is 0 Å². The first-order valence-electron chi connectivity index (χ1n) is 9.14. The van der Waals surface area contributed by atoms with Gasteiger partial charge in [-0.3, -0.25) is 4.79 Å². The Morgan fingerprint density at radius 3 is 2.88 bits per heavy atom. The molecule has 0 aliphatic carbocycles. The van der Waals surface area contributed by atoms with Crippen LogP contribution in [-0.2, 0) is 30.5 Å². The van der Waals surface area contributed by atoms with E-state index >= 15 is 0 Å². The fourth-order valence-electron chi connectivity index (χ4n) is 3.67. The molecule has 0 fully saturated rings. The van der Waals surface area contributed by atoms with Crippen LogP contribution in [0, 0.1) is 5.92 Å². The molecule has 2 heterocycles. The van der Waals surface area contributed by atoms with Gasteiger partial charge in [-0.1, -0.05) is 37.2 Å².